The van der Waals surface area contributed by atoms with Gasteiger partial charge in [-0.05, 0) is 68.6 Å². The third kappa shape index (κ3) is 4.40. The molecule has 1 aliphatic heterocycles. The van der Waals surface area contributed by atoms with Gasteiger partial charge in [0.2, 0.25) is 0 Å². The van der Waals surface area contributed by atoms with Crippen molar-refractivity contribution in [1.82, 2.24) is 19.9 Å². The fourth-order valence-corrected chi connectivity index (χ4v) is 7.93. The van der Waals surface area contributed by atoms with Crippen molar-refractivity contribution >= 4 is 21.9 Å². The number of benzene rings is 3. The summed E-state index contributed by atoms with van der Waals surface area (Å²) in [6.07, 6.45) is 17.3. The highest BCUT2D eigenvalue weighted by Crippen LogP contribution is 2.54. The van der Waals surface area contributed by atoms with E-state index in [1.165, 1.54) is 49.9 Å². The van der Waals surface area contributed by atoms with Crippen LogP contribution >= 0.6 is 0 Å². The monoisotopic (exact) mass is 604 g/mol. The summed E-state index contributed by atoms with van der Waals surface area (Å²) < 4.78 is 0. The van der Waals surface area contributed by atoms with Crippen molar-refractivity contribution in [1.29, 1.82) is 0 Å². The SMILES string of the molecule is CN1C=C(C2=C3C=CC=CC3C(c3cnc(-c4ccccn4)c4ccccc34)c3ccccc32)c2ccccc2C1c1ccccn1. The molecule has 4 heterocycles. The lowest BCUT2D eigenvalue weighted by Gasteiger charge is -2.40. The maximum Gasteiger partial charge on any atom is 0.0964 e. The average Bonchev–Trinajstić information content (AvgIpc) is 3.14. The minimum absolute atomic E-state index is 0.0426. The van der Waals surface area contributed by atoms with Crippen molar-refractivity contribution in [2.45, 2.75) is 12.0 Å². The number of aromatic nitrogens is 3. The van der Waals surface area contributed by atoms with E-state index in [9.17, 15) is 0 Å². The van der Waals surface area contributed by atoms with Gasteiger partial charge in [-0.25, -0.2) is 0 Å². The van der Waals surface area contributed by atoms with E-state index in [-0.39, 0.29) is 17.9 Å². The minimum Gasteiger partial charge on any atom is -0.367 e. The Morgan fingerprint density at radius 2 is 1.34 bits per heavy atom. The zero-order valence-electron chi connectivity index (χ0n) is 26.0. The summed E-state index contributed by atoms with van der Waals surface area (Å²) in [4.78, 5) is 16.9. The van der Waals surface area contributed by atoms with Crippen LogP contribution in [-0.4, -0.2) is 26.9 Å². The molecule has 4 heteroatoms. The van der Waals surface area contributed by atoms with Gasteiger partial charge in [0.05, 0.1) is 23.1 Å². The maximum atomic E-state index is 5.10. The summed E-state index contributed by atoms with van der Waals surface area (Å²) in [5.74, 6) is 0.238. The van der Waals surface area contributed by atoms with E-state index in [2.05, 4.69) is 139 Å². The van der Waals surface area contributed by atoms with Gasteiger partial charge in [0.15, 0.2) is 0 Å². The van der Waals surface area contributed by atoms with Gasteiger partial charge in [-0.3, -0.25) is 15.0 Å². The molecule has 0 fully saturated rings. The molecule has 0 N–H and O–H groups in total. The van der Waals surface area contributed by atoms with Gasteiger partial charge in [0.1, 0.15) is 0 Å². The Morgan fingerprint density at radius 1 is 0.617 bits per heavy atom. The van der Waals surface area contributed by atoms with E-state index in [0.717, 1.165) is 22.5 Å². The molecular formula is C43H32N4. The summed E-state index contributed by atoms with van der Waals surface area (Å²) in [6.45, 7) is 0. The van der Waals surface area contributed by atoms with E-state index >= 15 is 0 Å². The summed E-state index contributed by atoms with van der Waals surface area (Å²) >= 11 is 0. The van der Waals surface area contributed by atoms with Crippen LogP contribution < -0.4 is 0 Å². The Bertz CT molecular complexity index is 2280. The highest BCUT2D eigenvalue weighted by molar-refractivity contribution is 6.10. The molecule has 9 rings (SSSR count). The molecule has 3 atom stereocenters. The third-order valence-corrected chi connectivity index (χ3v) is 9.87. The Labute approximate surface area is 274 Å². The van der Waals surface area contributed by atoms with Crippen molar-refractivity contribution in [3.63, 3.8) is 0 Å². The van der Waals surface area contributed by atoms with Gasteiger partial charge in [0.25, 0.3) is 0 Å². The van der Waals surface area contributed by atoms with Gasteiger partial charge in [-0.2, -0.15) is 0 Å². The van der Waals surface area contributed by atoms with Crippen LogP contribution in [0.2, 0.25) is 0 Å². The first-order valence-electron chi connectivity index (χ1n) is 16.2. The first-order chi connectivity index (χ1) is 23.3. The number of hydrogen-bond acceptors (Lipinski definition) is 4. The van der Waals surface area contributed by atoms with E-state index in [0.29, 0.717) is 0 Å². The van der Waals surface area contributed by atoms with Crippen molar-refractivity contribution in [2.75, 3.05) is 7.05 Å². The smallest absolute Gasteiger partial charge is 0.0964 e. The van der Waals surface area contributed by atoms with Crippen LogP contribution in [0.3, 0.4) is 0 Å². The topological polar surface area (TPSA) is 41.9 Å². The molecule has 3 aromatic heterocycles. The molecule has 2 aliphatic carbocycles. The maximum absolute atomic E-state index is 5.10. The predicted molar refractivity (Wildman–Crippen MR) is 190 cm³/mol. The van der Waals surface area contributed by atoms with Crippen LogP contribution in [0.5, 0.6) is 0 Å². The third-order valence-electron chi connectivity index (χ3n) is 9.87. The van der Waals surface area contributed by atoms with Crippen LogP contribution in [0.25, 0.3) is 33.3 Å². The largest absolute Gasteiger partial charge is 0.367 e. The molecule has 47 heavy (non-hydrogen) atoms. The number of rotatable bonds is 4. The highest BCUT2D eigenvalue weighted by Gasteiger charge is 2.39. The van der Waals surface area contributed by atoms with Crippen LogP contribution in [0.15, 0.2) is 164 Å². The molecule has 6 aromatic rings. The Hall–Kier alpha value is -5.87. The van der Waals surface area contributed by atoms with E-state index in [1.54, 1.807) is 0 Å². The van der Waals surface area contributed by atoms with Crippen LogP contribution in [0.4, 0.5) is 0 Å². The number of fused-ring (bicyclic) bond motifs is 4. The summed E-state index contributed by atoms with van der Waals surface area (Å²) in [7, 11) is 2.17. The quantitative estimate of drug-likeness (QED) is 0.201. The summed E-state index contributed by atoms with van der Waals surface area (Å²) in [6, 6.07) is 38.7. The molecule has 0 spiro atoms. The van der Waals surface area contributed by atoms with Crippen LogP contribution in [0.1, 0.15) is 45.5 Å². The number of nitrogens with zero attached hydrogens (tertiary/aromatic N) is 4. The molecule has 0 radical (unpaired) electrons. The summed E-state index contributed by atoms with van der Waals surface area (Å²) in [5.41, 5.74) is 13.1. The summed E-state index contributed by atoms with van der Waals surface area (Å²) in [5, 5.41) is 2.34. The lowest BCUT2D eigenvalue weighted by Crippen LogP contribution is -2.28. The molecule has 3 aromatic carbocycles. The molecule has 0 saturated heterocycles. The number of allylic oxidation sites excluding steroid dienone is 7. The van der Waals surface area contributed by atoms with Gasteiger partial charge in [-0.15, -0.1) is 0 Å². The van der Waals surface area contributed by atoms with Crippen LogP contribution in [-0.2, 0) is 0 Å². The van der Waals surface area contributed by atoms with Crippen molar-refractivity contribution < 1.29 is 0 Å². The first kappa shape index (κ1) is 27.4. The fraction of sp³-hybridized carbons (Fsp3) is 0.0930. The van der Waals surface area contributed by atoms with Crippen molar-refractivity contribution in [3.05, 3.63) is 197 Å². The second-order valence-corrected chi connectivity index (χ2v) is 12.4. The van der Waals surface area contributed by atoms with Crippen molar-refractivity contribution in [3.8, 4) is 11.4 Å². The first-order valence-corrected chi connectivity index (χ1v) is 16.2. The Kier molecular flexibility index (Phi) is 6.53. The highest BCUT2D eigenvalue weighted by atomic mass is 15.1. The van der Waals surface area contributed by atoms with Crippen LogP contribution in [0, 0.1) is 5.92 Å². The molecule has 0 amide bonds. The van der Waals surface area contributed by atoms with Gasteiger partial charge in [-0.1, -0.05) is 109 Å². The van der Waals surface area contributed by atoms with E-state index in [1.807, 2.05) is 36.7 Å². The lowest BCUT2D eigenvalue weighted by molar-refractivity contribution is 0.373. The molecule has 3 unspecified atom stereocenters. The molecule has 0 bridgehead atoms. The van der Waals surface area contributed by atoms with Gasteiger partial charge >= 0.3 is 0 Å². The standard InChI is InChI=1S/C43H32N4/c1-47-27-37(29-15-3-9-21-35(29)43(47)39-23-11-13-25-45-39)41-32-18-6-4-16-30(32)40(31-17-5-7-19-33(31)41)36-26-46-42(38-22-10-12-24-44-38)34-20-8-2-14-28(34)36/h2-27,30,40,43H,1H3. The van der Waals surface area contributed by atoms with E-state index in [4.69, 9.17) is 9.97 Å². The molecule has 0 saturated carbocycles. The molecule has 4 nitrogen and oxygen atoms in total. The normalized spacial score (nSPS) is 19.6. The molecular weight excluding hydrogens is 573 g/mol. The number of pyridine rings is 3. The fourth-order valence-electron chi connectivity index (χ4n) is 7.93. The zero-order valence-corrected chi connectivity index (χ0v) is 26.0. The predicted octanol–water partition coefficient (Wildman–Crippen LogP) is 9.41. The average molecular weight is 605 g/mol. The van der Waals surface area contributed by atoms with Gasteiger partial charge in [0, 0.05) is 54.6 Å². The molecule has 3 aliphatic rings. The Morgan fingerprint density at radius 3 is 2.15 bits per heavy atom. The lowest BCUT2D eigenvalue weighted by atomic mass is 9.65. The van der Waals surface area contributed by atoms with E-state index < -0.39 is 0 Å². The molecule has 224 valence electrons. The zero-order chi connectivity index (χ0) is 31.3. The van der Waals surface area contributed by atoms with Crippen molar-refractivity contribution in [2.24, 2.45) is 5.92 Å². The second-order valence-electron chi connectivity index (χ2n) is 12.4. The van der Waals surface area contributed by atoms with Gasteiger partial charge < -0.3 is 4.90 Å². The number of hydrogen-bond donors (Lipinski definition) is 0. The Balaban J connectivity index is 1.25. The minimum atomic E-state index is 0.0426. The second kappa shape index (κ2) is 11.2.